The molecule has 0 aliphatic carbocycles. The van der Waals surface area contributed by atoms with Crippen LogP contribution in [0.3, 0.4) is 0 Å². The number of carbonyl (C=O) groups excluding carboxylic acids is 6. The molecule has 2 aromatic rings. The van der Waals surface area contributed by atoms with Crippen LogP contribution in [0, 0.1) is 0 Å². The fourth-order valence-corrected chi connectivity index (χ4v) is 5.29. The second-order valence-corrected chi connectivity index (χ2v) is 11.8. The van der Waals surface area contributed by atoms with Crippen molar-refractivity contribution in [2.24, 2.45) is 0 Å². The normalized spacial score (nSPS) is 18.7. The smallest absolute Gasteiger partial charge is 0.338 e. The Labute approximate surface area is 300 Å². The van der Waals surface area contributed by atoms with Gasteiger partial charge in [0.05, 0.1) is 37.6 Å². The van der Waals surface area contributed by atoms with Gasteiger partial charge < -0.3 is 37.9 Å². The number of unbranched alkanes of at least 4 members (excludes halogenated alkanes) is 4. The van der Waals surface area contributed by atoms with Gasteiger partial charge >= 0.3 is 35.8 Å². The zero-order chi connectivity index (χ0) is 37.3. The maximum atomic E-state index is 12.9. The monoisotopic (exact) mass is 722 g/mol. The third-order valence-corrected chi connectivity index (χ3v) is 8.00. The molecule has 278 valence electrons. The fourth-order valence-electron chi connectivity index (χ4n) is 5.29. The van der Waals surface area contributed by atoms with Gasteiger partial charge in [0, 0.05) is 25.0 Å². The SMILES string of the molecule is C=CC(=O)OCCCCCC(=O)Oc1ccc(C(=O)O[C@H]2CO[C@H]3[C@@H]2OC[C@H]3OC(=O)c2ccc(OC(=O)CCCCCOC(=O)C=C)cc2)cc1. The van der Waals surface area contributed by atoms with E-state index in [0.29, 0.717) is 38.5 Å². The van der Waals surface area contributed by atoms with Crippen LogP contribution < -0.4 is 9.47 Å². The number of esters is 6. The van der Waals surface area contributed by atoms with Crippen LogP contribution in [0.15, 0.2) is 73.8 Å². The molecular formula is C38H42O14. The number of rotatable bonds is 20. The Bertz CT molecular complexity index is 1450. The maximum Gasteiger partial charge on any atom is 0.338 e. The predicted molar refractivity (Wildman–Crippen MR) is 181 cm³/mol. The summed E-state index contributed by atoms with van der Waals surface area (Å²) in [5, 5.41) is 0. The topological polar surface area (TPSA) is 176 Å². The minimum Gasteiger partial charge on any atom is -0.463 e. The number of hydrogen-bond donors (Lipinski definition) is 0. The molecule has 0 aromatic heterocycles. The van der Waals surface area contributed by atoms with E-state index in [-0.39, 0.29) is 61.9 Å². The molecule has 0 bridgehead atoms. The van der Waals surface area contributed by atoms with Crippen LogP contribution in [0.25, 0.3) is 0 Å². The number of ether oxygens (including phenoxy) is 8. The molecule has 4 atom stereocenters. The van der Waals surface area contributed by atoms with E-state index in [1.54, 1.807) is 0 Å². The summed E-state index contributed by atoms with van der Waals surface area (Å²) in [4.78, 5) is 72.1. The summed E-state index contributed by atoms with van der Waals surface area (Å²) in [7, 11) is 0. The number of benzene rings is 2. The third kappa shape index (κ3) is 12.5. The minimum atomic E-state index is -0.734. The summed E-state index contributed by atoms with van der Waals surface area (Å²) in [6, 6.07) is 11.9. The van der Waals surface area contributed by atoms with E-state index in [2.05, 4.69) is 13.2 Å². The molecule has 52 heavy (non-hydrogen) atoms. The Morgan fingerprint density at radius 1 is 0.577 bits per heavy atom. The first-order chi connectivity index (χ1) is 25.2. The summed E-state index contributed by atoms with van der Waals surface area (Å²) in [6.07, 6.45) is 3.55. The van der Waals surface area contributed by atoms with Crippen LogP contribution in [-0.4, -0.2) is 86.7 Å². The highest BCUT2D eigenvalue weighted by atomic mass is 16.7. The number of fused-ring (bicyclic) bond motifs is 1. The lowest BCUT2D eigenvalue weighted by Crippen LogP contribution is -2.36. The van der Waals surface area contributed by atoms with E-state index in [1.165, 1.54) is 48.5 Å². The molecule has 0 radical (unpaired) electrons. The third-order valence-electron chi connectivity index (χ3n) is 8.00. The Kier molecular flexibility index (Phi) is 15.5. The van der Waals surface area contributed by atoms with Crippen molar-refractivity contribution in [2.75, 3.05) is 26.4 Å². The molecule has 2 aliphatic rings. The molecule has 0 saturated carbocycles. The average Bonchev–Trinajstić information content (AvgIpc) is 3.74. The molecule has 4 rings (SSSR count). The lowest BCUT2D eigenvalue weighted by atomic mass is 10.1. The number of hydrogen-bond acceptors (Lipinski definition) is 14. The molecule has 0 unspecified atom stereocenters. The second-order valence-electron chi connectivity index (χ2n) is 11.8. The van der Waals surface area contributed by atoms with Gasteiger partial charge in [-0.15, -0.1) is 0 Å². The Hall–Kier alpha value is -5.34. The molecule has 14 heteroatoms. The van der Waals surface area contributed by atoms with Gasteiger partial charge in [0.1, 0.15) is 23.7 Å². The van der Waals surface area contributed by atoms with Crippen molar-refractivity contribution < 1.29 is 66.7 Å². The number of carbonyl (C=O) groups is 6. The van der Waals surface area contributed by atoms with Crippen molar-refractivity contribution in [3.8, 4) is 11.5 Å². The summed E-state index contributed by atoms with van der Waals surface area (Å²) < 4.78 is 43.3. The molecule has 0 amide bonds. The van der Waals surface area contributed by atoms with Gasteiger partial charge in [-0.2, -0.15) is 0 Å². The largest absolute Gasteiger partial charge is 0.463 e. The Morgan fingerprint density at radius 3 is 1.33 bits per heavy atom. The van der Waals surface area contributed by atoms with Crippen molar-refractivity contribution >= 4 is 35.8 Å². The Balaban J connectivity index is 1.14. The highest BCUT2D eigenvalue weighted by molar-refractivity contribution is 5.90. The van der Waals surface area contributed by atoms with Gasteiger partial charge in [0.15, 0.2) is 12.2 Å². The van der Waals surface area contributed by atoms with Gasteiger partial charge in [0.2, 0.25) is 0 Å². The van der Waals surface area contributed by atoms with Crippen molar-refractivity contribution in [3.63, 3.8) is 0 Å². The molecule has 2 saturated heterocycles. The average molecular weight is 723 g/mol. The van der Waals surface area contributed by atoms with Crippen LogP contribution in [0.5, 0.6) is 11.5 Å². The fraction of sp³-hybridized carbons (Fsp3) is 0.421. The molecular weight excluding hydrogens is 680 g/mol. The van der Waals surface area contributed by atoms with E-state index in [9.17, 15) is 28.8 Å². The van der Waals surface area contributed by atoms with Gasteiger partial charge in [0.25, 0.3) is 0 Å². The minimum absolute atomic E-state index is 0.0460. The molecule has 2 fully saturated rings. The van der Waals surface area contributed by atoms with Gasteiger partial charge in [-0.1, -0.05) is 13.2 Å². The Morgan fingerprint density at radius 2 is 0.962 bits per heavy atom. The predicted octanol–water partition coefficient (Wildman–Crippen LogP) is 4.63. The molecule has 0 N–H and O–H groups in total. The zero-order valence-electron chi connectivity index (χ0n) is 28.7. The standard InChI is InChI=1S/C38H42O14/c1-3-31(39)45-21-9-5-7-11-33(41)49-27-17-13-25(14-18-27)37(43)51-29-23-47-36-30(24-48-35(29)36)52-38(44)26-15-19-28(20-16-26)50-34(42)12-8-6-10-22-46-32(40)4-2/h3-4,13-20,29-30,35-36H,1-2,5-12,21-24H2/t29-,30+,35-,36-/m1/s1. The highest BCUT2D eigenvalue weighted by Gasteiger charge is 2.51. The van der Waals surface area contributed by atoms with Gasteiger partial charge in [-0.3, -0.25) is 9.59 Å². The van der Waals surface area contributed by atoms with Crippen LogP contribution >= 0.6 is 0 Å². The van der Waals surface area contributed by atoms with Crippen molar-refractivity contribution in [3.05, 3.63) is 85.0 Å². The van der Waals surface area contributed by atoms with Crippen LogP contribution in [0.4, 0.5) is 0 Å². The summed E-state index contributed by atoms with van der Waals surface area (Å²) >= 11 is 0. The van der Waals surface area contributed by atoms with Gasteiger partial charge in [-0.25, -0.2) is 19.2 Å². The van der Waals surface area contributed by atoms with E-state index in [4.69, 9.17) is 37.9 Å². The van der Waals surface area contributed by atoms with E-state index in [0.717, 1.165) is 12.2 Å². The van der Waals surface area contributed by atoms with Crippen molar-refractivity contribution in [2.45, 2.75) is 75.8 Å². The summed E-state index contributed by atoms with van der Waals surface area (Å²) in [5.74, 6) is -2.51. The van der Waals surface area contributed by atoms with Crippen LogP contribution in [0.1, 0.15) is 72.1 Å². The van der Waals surface area contributed by atoms with E-state index < -0.39 is 60.2 Å². The molecule has 2 heterocycles. The second kappa shape index (κ2) is 20.5. The zero-order valence-corrected chi connectivity index (χ0v) is 28.7. The van der Waals surface area contributed by atoms with E-state index in [1.807, 2.05) is 0 Å². The lowest BCUT2D eigenvalue weighted by Gasteiger charge is -2.17. The summed E-state index contributed by atoms with van der Waals surface area (Å²) in [5.41, 5.74) is 0.465. The quantitative estimate of drug-likeness (QED) is 0.0608. The first kappa shape index (κ1) is 39.4. The van der Waals surface area contributed by atoms with E-state index >= 15 is 0 Å². The van der Waals surface area contributed by atoms with Gasteiger partial charge in [-0.05, 0) is 87.1 Å². The maximum absolute atomic E-state index is 12.9. The first-order valence-corrected chi connectivity index (χ1v) is 17.0. The molecule has 2 aliphatic heterocycles. The van der Waals surface area contributed by atoms with Crippen LogP contribution in [0.2, 0.25) is 0 Å². The molecule has 2 aromatic carbocycles. The van der Waals surface area contributed by atoms with Crippen molar-refractivity contribution in [1.29, 1.82) is 0 Å². The molecule has 14 nitrogen and oxygen atoms in total. The molecule has 0 spiro atoms. The van der Waals surface area contributed by atoms with Crippen LogP contribution in [-0.2, 0) is 47.6 Å². The van der Waals surface area contributed by atoms with Crippen molar-refractivity contribution in [1.82, 2.24) is 0 Å². The lowest BCUT2D eigenvalue weighted by molar-refractivity contribution is -0.138. The first-order valence-electron chi connectivity index (χ1n) is 17.0. The summed E-state index contributed by atoms with van der Waals surface area (Å²) in [6.45, 7) is 7.26. The highest BCUT2D eigenvalue weighted by Crippen LogP contribution is 2.32.